The van der Waals surface area contributed by atoms with E-state index in [9.17, 15) is 13.6 Å². The number of hydrogen-bond donors (Lipinski definition) is 2. The Morgan fingerprint density at radius 3 is 2.57 bits per heavy atom. The van der Waals surface area contributed by atoms with E-state index in [0.717, 1.165) is 0 Å². The zero-order valence-electron chi connectivity index (χ0n) is 12.0. The van der Waals surface area contributed by atoms with Crippen molar-refractivity contribution in [1.29, 1.82) is 0 Å². The molecule has 0 aliphatic rings. The molecular formula is C14H18BrF2NO3. The SMILES string of the molecule is CC(C)CC(C)(COc1ccc(Br)c(F)c1F)NC(=O)O. The van der Waals surface area contributed by atoms with Gasteiger partial charge in [-0.25, -0.2) is 9.18 Å². The fourth-order valence-corrected chi connectivity index (χ4v) is 2.47. The van der Waals surface area contributed by atoms with Crippen molar-refractivity contribution < 1.29 is 23.4 Å². The van der Waals surface area contributed by atoms with Crippen LogP contribution >= 0.6 is 15.9 Å². The minimum atomic E-state index is -1.19. The maximum Gasteiger partial charge on any atom is 0.405 e. The predicted molar refractivity (Wildman–Crippen MR) is 78.6 cm³/mol. The molecule has 1 unspecified atom stereocenters. The summed E-state index contributed by atoms with van der Waals surface area (Å²) in [5, 5.41) is 11.3. The standard InChI is InChI=1S/C14H18BrF2NO3/c1-8(2)6-14(3,18-13(19)20)7-21-10-5-4-9(15)11(16)12(10)17/h4-5,8,18H,6-7H2,1-3H3,(H,19,20). The van der Waals surface area contributed by atoms with Crippen molar-refractivity contribution in [2.45, 2.75) is 32.7 Å². The molecule has 2 N–H and O–H groups in total. The number of amides is 1. The Morgan fingerprint density at radius 2 is 2.05 bits per heavy atom. The smallest absolute Gasteiger partial charge is 0.405 e. The van der Waals surface area contributed by atoms with Crippen molar-refractivity contribution in [3.8, 4) is 5.75 Å². The van der Waals surface area contributed by atoms with E-state index in [4.69, 9.17) is 9.84 Å². The normalized spacial score (nSPS) is 13.9. The molecule has 1 amide bonds. The van der Waals surface area contributed by atoms with Crippen LogP contribution in [0.4, 0.5) is 13.6 Å². The molecule has 0 heterocycles. The summed E-state index contributed by atoms with van der Waals surface area (Å²) in [6.45, 7) is 5.42. The Hall–Kier alpha value is -1.37. The molecule has 0 radical (unpaired) electrons. The highest BCUT2D eigenvalue weighted by atomic mass is 79.9. The molecule has 4 nitrogen and oxygen atoms in total. The van der Waals surface area contributed by atoms with Crippen LogP contribution in [0.1, 0.15) is 27.2 Å². The Balaban J connectivity index is 2.86. The van der Waals surface area contributed by atoms with Crippen LogP contribution in [-0.4, -0.2) is 23.3 Å². The summed E-state index contributed by atoms with van der Waals surface area (Å²) in [6, 6.07) is 2.62. The van der Waals surface area contributed by atoms with Crippen LogP contribution in [-0.2, 0) is 0 Å². The summed E-state index contributed by atoms with van der Waals surface area (Å²) in [6.07, 6.45) is -0.691. The van der Waals surface area contributed by atoms with Crippen LogP contribution in [0.3, 0.4) is 0 Å². The van der Waals surface area contributed by atoms with Crippen LogP contribution in [0.25, 0.3) is 0 Å². The number of carboxylic acid groups (broad SMARTS) is 1. The van der Waals surface area contributed by atoms with E-state index in [1.54, 1.807) is 6.92 Å². The number of halogens is 3. The third-order valence-electron chi connectivity index (χ3n) is 2.81. The number of ether oxygens (including phenoxy) is 1. The van der Waals surface area contributed by atoms with Gasteiger partial charge in [-0.2, -0.15) is 4.39 Å². The van der Waals surface area contributed by atoms with Gasteiger partial charge in [-0.15, -0.1) is 0 Å². The minimum Gasteiger partial charge on any atom is -0.488 e. The fraction of sp³-hybridized carbons (Fsp3) is 0.500. The lowest BCUT2D eigenvalue weighted by atomic mass is 9.91. The first-order valence-corrected chi connectivity index (χ1v) is 7.21. The van der Waals surface area contributed by atoms with Crippen LogP contribution < -0.4 is 10.1 Å². The minimum absolute atomic E-state index is 0.000883. The summed E-state index contributed by atoms with van der Waals surface area (Å²) < 4.78 is 32.4. The van der Waals surface area contributed by atoms with Gasteiger partial charge in [0.2, 0.25) is 5.82 Å². The first-order valence-electron chi connectivity index (χ1n) is 6.42. The molecule has 118 valence electrons. The van der Waals surface area contributed by atoms with Gasteiger partial charge >= 0.3 is 6.09 Å². The van der Waals surface area contributed by atoms with Gasteiger partial charge < -0.3 is 15.2 Å². The average molecular weight is 366 g/mol. The molecule has 1 rings (SSSR count). The van der Waals surface area contributed by atoms with E-state index >= 15 is 0 Å². The van der Waals surface area contributed by atoms with E-state index < -0.39 is 23.3 Å². The van der Waals surface area contributed by atoms with Gasteiger partial charge in [0.05, 0.1) is 10.0 Å². The average Bonchev–Trinajstić information content (AvgIpc) is 2.33. The van der Waals surface area contributed by atoms with E-state index in [-0.39, 0.29) is 22.7 Å². The third kappa shape index (κ3) is 5.15. The van der Waals surface area contributed by atoms with Gasteiger partial charge in [0.15, 0.2) is 11.6 Å². The molecule has 1 aromatic rings. The summed E-state index contributed by atoms with van der Waals surface area (Å²) in [4.78, 5) is 10.9. The second kappa shape index (κ2) is 7.06. The topological polar surface area (TPSA) is 58.6 Å². The van der Waals surface area contributed by atoms with Gasteiger partial charge in [0.25, 0.3) is 0 Å². The summed E-state index contributed by atoms with van der Waals surface area (Å²) in [7, 11) is 0. The molecule has 7 heteroatoms. The maximum absolute atomic E-state index is 13.7. The van der Waals surface area contributed by atoms with Crippen LogP contribution in [0.5, 0.6) is 5.75 Å². The largest absolute Gasteiger partial charge is 0.488 e. The van der Waals surface area contributed by atoms with Crippen molar-refractivity contribution >= 4 is 22.0 Å². The van der Waals surface area contributed by atoms with E-state index in [1.165, 1.54) is 12.1 Å². The second-order valence-electron chi connectivity index (χ2n) is 5.55. The second-order valence-corrected chi connectivity index (χ2v) is 6.41. The van der Waals surface area contributed by atoms with Crippen molar-refractivity contribution in [2.24, 2.45) is 5.92 Å². The highest BCUT2D eigenvalue weighted by Gasteiger charge is 2.29. The lowest BCUT2D eigenvalue weighted by Crippen LogP contribution is -2.50. The van der Waals surface area contributed by atoms with E-state index in [2.05, 4.69) is 21.2 Å². The summed E-state index contributed by atoms with van der Waals surface area (Å²) >= 11 is 2.88. The lowest BCUT2D eigenvalue weighted by molar-refractivity contribution is 0.140. The van der Waals surface area contributed by atoms with Crippen molar-refractivity contribution in [1.82, 2.24) is 5.32 Å². The van der Waals surface area contributed by atoms with Crippen LogP contribution in [0.2, 0.25) is 0 Å². The first kappa shape index (κ1) is 17.7. The molecule has 0 saturated carbocycles. The Kier molecular flexibility index (Phi) is 5.95. The van der Waals surface area contributed by atoms with Crippen LogP contribution in [0.15, 0.2) is 16.6 Å². The molecular weight excluding hydrogens is 348 g/mol. The number of benzene rings is 1. The molecule has 0 aromatic heterocycles. The molecule has 21 heavy (non-hydrogen) atoms. The van der Waals surface area contributed by atoms with Crippen molar-refractivity contribution in [2.75, 3.05) is 6.61 Å². The van der Waals surface area contributed by atoms with Gasteiger partial charge in [0, 0.05) is 0 Å². The monoisotopic (exact) mass is 365 g/mol. The zero-order chi connectivity index (χ0) is 16.2. The maximum atomic E-state index is 13.7. The Morgan fingerprint density at radius 1 is 1.43 bits per heavy atom. The van der Waals surface area contributed by atoms with Gasteiger partial charge in [-0.05, 0) is 47.3 Å². The highest BCUT2D eigenvalue weighted by molar-refractivity contribution is 9.10. The van der Waals surface area contributed by atoms with E-state index in [0.29, 0.717) is 6.42 Å². The lowest BCUT2D eigenvalue weighted by Gasteiger charge is -2.31. The molecule has 1 aromatic carbocycles. The molecule has 0 aliphatic carbocycles. The van der Waals surface area contributed by atoms with E-state index in [1.807, 2.05) is 13.8 Å². The zero-order valence-corrected chi connectivity index (χ0v) is 13.6. The summed E-state index contributed by atoms with van der Waals surface area (Å²) in [5.41, 5.74) is -0.893. The van der Waals surface area contributed by atoms with Crippen LogP contribution in [0, 0.1) is 17.6 Å². The van der Waals surface area contributed by atoms with Gasteiger partial charge in [-0.1, -0.05) is 13.8 Å². The number of rotatable bonds is 6. The predicted octanol–water partition coefficient (Wildman–Crippen LogP) is 4.18. The molecule has 0 fully saturated rings. The number of nitrogens with one attached hydrogen (secondary N) is 1. The molecule has 1 atom stereocenters. The number of hydrogen-bond acceptors (Lipinski definition) is 2. The first-order chi connectivity index (χ1) is 9.64. The highest BCUT2D eigenvalue weighted by Crippen LogP contribution is 2.27. The molecule has 0 aliphatic heterocycles. The third-order valence-corrected chi connectivity index (χ3v) is 3.43. The quantitative estimate of drug-likeness (QED) is 0.743. The van der Waals surface area contributed by atoms with Crippen molar-refractivity contribution in [3.63, 3.8) is 0 Å². The molecule has 0 spiro atoms. The molecule has 0 saturated heterocycles. The van der Waals surface area contributed by atoms with Gasteiger partial charge in [-0.3, -0.25) is 0 Å². The Labute approximate surface area is 130 Å². The fourth-order valence-electron chi connectivity index (χ4n) is 2.16. The molecule has 0 bridgehead atoms. The summed E-state index contributed by atoms with van der Waals surface area (Å²) in [5.74, 6) is -2.19. The van der Waals surface area contributed by atoms with Gasteiger partial charge in [0.1, 0.15) is 6.61 Å². The van der Waals surface area contributed by atoms with Crippen molar-refractivity contribution in [3.05, 3.63) is 28.2 Å². The number of carbonyl (C=O) groups is 1. The Bertz CT molecular complexity index is 525.